The van der Waals surface area contributed by atoms with Gasteiger partial charge in [0.05, 0.1) is 5.69 Å². The normalized spacial score (nSPS) is 18.5. The van der Waals surface area contributed by atoms with Crippen LogP contribution in [0.15, 0.2) is 66.7 Å². The number of ether oxygens (including phenoxy) is 1. The Balaban J connectivity index is 1.38. The second-order valence-corrected chi connectivity index (χ2v) is 8.46. The highest BCUT2D eigenvalue weighted by Gasteiger charge is 2.32. The number of benzene rings is 3. The summed E-state index contributed by atoms with van der Waals surface area (Å²) >= 11 is 6.00. The van der Waals surface area contributed by atoms with Crippen molar-refractivity contribution in [3.63, 3.8) is 0 Å². The number of hydrogen-bond donors (Lipinski definition) is 0. The first-order chi connectivity index (χ1) is 14.7. The second kappa shape index (κ2) is 8.29. The highest BCUT2D eigenvalue weighted by molar-refractivity contribution is 6.30. The van der Waals surface area contributed by atoms with Crippen LogP contribution in [0.1, 0.15) is 17.5 Å². The first-order valence-corrected chi connectivity index (χ1v) is 10.8. The number of hydrogen-bond acceptors (Lipinski definition) is 3. The van der Waals surface area contributed by atoms with Gasteiger partial charge in [-0.1, -0.05) is 35.9 Å². The summed E-state index contributed by atoms with van der Waals surface area (Å²) in [6, 6.07) is 21.6. The summed E-state index contributed by atoms with van der Waals surface area (Å²) in [5.74, 6) is 0.632. The van der Waals surface area contributed by atoms with Crippen molar-refractivity contribution >= 4 is 23.0 Å². The van der Waals surface area contributed by atoms with Crippen LogP contribution >= 0.6 is 11.6 Å². The Morgan fingerprint density at radius 2 is 1.83 bits per heavy atom. The average molecular weight is 423 g/mol. The number of anilines is 2. The molecule has 1 saturated heterocycles. The predicted molar refractivity (Wildman–Crippen MR) is 119 cm³/mol. The van der Waals surface area contributed by atoms with Crippen molar-refractivity contribution in [2.75, 3.05) is 24.5 Å². The maximum Gasteiger partial charge on any atom is 0.143 e. The average Bonchev–Trinajstić information content (AvgIpc) is 3.16. The zero-order valence-corrected chi connectivity index (χ0v) is 17.5. The lowest BCUT2D eigenvalue weighted by Gasteiger charge is -2.32. The van der Waals surface area contributed by atoms with E-state index in [9.17, 15) is 4.39 Å². The molecule has 1 unspecified atom stereocenters. The molecule has 0 radical (unpaired) electrons. The van der Waals surface area contributed by atoms with Gasteiger partial charge in [-0.3, -0.25) is 0 Å². The van der Waals surface area contributed by atoms with Crippen LogP contribution in [0, 0.1) is 5.82 Å². The lowest BCUT2D eigenvalue weighted by molar-refractivity contribution is 0.310. The van der Waals surface area contributed by atoms with Gasteiger partial charge in [-0.2, -0.15) is 0 Å². The molecule has 0 amide bonds. The van der Waals surface area contributed by atoms with E-state index in [0.29, 0.717) is 12.6 Å². The van der Waals surface area contributed by atoms with Crippen LogP contribution in [-0.4, -0.2) is 30.6 Å². The van der Waals surface area contributed by atoms with Gasteiger partial charge in [-0.15, -0.1) is 0 Å². The lowest BCUT2D eigenvalue weighted by Crippen LogP contribution is -2.35. The highest BCUT2D eigenvalue weighted by Crippen LogP contribution is 2.42. The fourth-order valence-corrected chi connectivity index (χ4v) is 4.65. The number of fused-ring (bicyclic) bond motifs is 2. The number of para-hydroxylation sites is 2. The molecule has 0 N–H and O–H groups in total. The van der Waals surface area contributed by atoms with Gasteiger partial charge < -0.3 is 14.5 Å². The third-order valence-electron chi connectivity index (χ3n) is 6.05. The minimum absolute atomic E-state index is 0.223. The van der Waals surface area contributed by atoms with E-state index in [2.05, 4.69) is 28.0 Å². The zero-order chi connectivity index (χ0) is 20.5. The van der Waals surface area contributed by atoms with Gasteiger partial charge in [0.2, 0.25) is 0 Å². The molecule has 3 aromatic carbocycles. The lowest BCUT2D eigenvalue weighted by atomic mass is 10.1. The Hall–Kier alpha value is -2.56. The molecule has 0 aromatic heterocycles. The van der Waals surface area contributed by atoms with Crippen LogP contribution in [0.5, 0.6) is 5.75 Å². The fraction of sp³-hybridized carbons (Fsp3) is 0.280. The molecule has 30 heavy (non-hydrogen) atoms. The molecule has 3 aromatic rings. The Labute approximate surface area is 181 Å². The smallest absolute Gasteiger partial charge is 0.143 e. The summed E-state index contributed by atoms with van der Waals surface area (Å²) in [5.41, 5.74) is 4.31. The van der Waals surface area contributed by atoms with E-state index in [1.165, 1.54) is 5.56 Å². The first kappa shape index (κ1) is 19.4. The molecular weight excluding hydrogens is 399 g/mol. The van der Waals surface area contributed by atoms with Crippen molar-refractivity contribution in [3.8, 4) is 5.75 Å². The molecule has 3 nitrogen and oxygen atoms in total. The maximum atomic E-state index is 13.9. The molecule has 0 bridgehead atoms. The van der Waals surface area contributed by atoms with Gasteiger partial charge in [0.25, 0.3) is 0 Å². The predicted octanol–water partition coefficient (Wildman–Crippen LogP) is 5.83. The molecule has 0 spiro atoms. The van der Waals surface area contributed by atoms with Crippen molar-refractivity contribution in [2.45, 2.75) is 25.5 Å². The number of rotatable bonds is 4. The molecule has 5 rings (SSSR count). The van der Waals surface area contributed by atoms with Gasteiger partial charge in [-0.25, -0.2) is 4.39 Å². The molecule has 2 aliphatic heterocycles. The molecule has 2 heterocycles. The highest BCUT2D eigenvalue weighted by atomic mass is 35.5. The van der Waals surface area contributed by atoms with Gasteiger partial charge in [0, 0.05) is 41.9 Å². The van der Waals surface area contributed by atoms with Crippen molar-refractivity contribution in [2.24, 2.45) is 0 Å². The molecule has 5 heteroatoms. The summed E-state index contributed by atoms with van der Waals surface area (Å²) in [4.78, 5) is 4.87. The standard InChI is InChI=1S/C25H24ClFN2O/c26-20-7-5-18(6-8-20)11-13-28-14-12-22(16-28)29-23-10-9-21(27)15-19(23)17-30-25-4-2-1-3-24(25)29/h1-10,15,22H,11-14,16-17H2. The second-order valence-electron chi connectivity index (χ2n) is 8.02. The Kier molecular flexibility index (Phi) is 5.36. The molecular formula is C25H24ClFN2O. The van der Waals surface area contributed by atoms with Crippen LogP contribution in [0.2, 0.25) is 5.02 Å². The fourth-order valence-electron chi connectivity index (χ4n) is 4.53. The quantitative estimate of drug-likeness (QED) is 0.526. The summed E-state index contributed by atoms with van der Waals surface area (Å²) in [6.45, 7) is 3.42. The van der Waals surface area contributed by atoms with Crippen LogP contribution in [0.25, 0.3) is 0 Å². The van der Waals surface area contributed by atoms with Crippen LogP contribution in [-0.2, 0) is 13.0 Å². The maximum absolute atomic E-state index is 13.9. The first-order valence-electron chi connectivity index (χ1n) is 10.4. The Morgan fingerprint density at radius 1 is 1.00 bits per heavy atom. The minimum atomic E-state index is -0.223. The van der Waals surface area contributed by atoms with Crippen LogP contribution < -0.4 is 9.64 Å². The van der Waals surface area contributed by atoms with E-state index >= 15 is 0 Å². The van der Waals surface area contributed by atoms with Crippen molar-refractivity contribution in [1.82, 2.24) is 4.90 Å². The molecule has 154 valence electrons. The van der Waals surface area contributed by atoms with E-state index in [1.807, 2.05) is 36.4 Å². The summed E-state index contributed by atoms with van der Waals surface area (Å²) in [7, 11) is 0. The van der Waals surface area contributed by atoms with Crippen molar-refractivity contribution < 1.29 is 9.13 Å². The molecule has 1 fully saturated rings. The van der Waals surface area contributed by atoms with E-state index < -0.39 is 0 Å². The van der Waals surface area contributed by atoms with E-state index in [1.54, 1.807) is 12.1 Å². The zero-order valence-electron chi connectivity index (χ0n) is 16.7. The van der Waals surface area contributed by atoms with Crippen molar-refractivity contribution in [3.05, 3.63) is 88.7 Å². The number of nitrogens with zero attached hydrogens (tertiary/aromatic N) is 2. The monoisotopic (exact) mass is 422 g/mol. The van der Waals surface area contributed by atoms with Crippen LogP contribution in [0.4, 0.5) is 15.8 Å². The van der Waals surface area contributed by atoms with Gasteiger partial charge in [0.15, 0.2) is 0 Å². The summed E-state index contributed by atoms with van der Waals surface area (Å²) in [6.07, 6.45) is 2.07. The number of likely N-dealkylation sites (tertiary alicyclic amines) is 1. The van der Waals surface area contributed by atoms with Gasteiger partial charge in [0.1, 0.15) is 18.2 Å². The molecule has 2 aliphatic rings. The molecule has 0 saturated carbocycles. The van der Waals surface area contributed by atoms with Gasteiger partial charge >= 0.3 is 0 Å². The third kappa shape index (κ3) is 3.90. The van der Waals surface area contributed by atoms with Crippen LogP contribution in [0.3, 0.4) is 0 Å². The van der Waals surface area contributed by atoms with Gasteiger partial charge in [-0.05, 0) is 60.9 Å². The number of halogens is 2. The van der Waals surface area contributed by atoms with E-state index in [4.69, 9.17) is 16.3 Å². The Morgan fingerprint density at radius 3 is 2.70 bits per heavy atom. The third-order valence-corrected chi connectivity index (χ3v) is 6.30. The summed E-state index contributed by atoms with van der Waals surface area (Å²) in [5, 5.41) is 0.775. The topological polar surface area (TPSA) is 15.7 Å². The van der Waals surface area contributed by atoms with E-state index in [0.717, 1.165) is 60.2 Å². The largest absolute Gasteiger partial charge is 0.487 e. The van der Waals surface area contributed by atoms with E-state index in [-0.39, 0.29) is 5.82 Å². The minimum Gasteiger partial charge on any atom is -0.487 e. The van der Waals surface area contributed by atoms with Crippen molar-refractivity contribution in [1.29, 1.82) is 0 Å². The molecule has 0 aliphatic carbocycles. The Bertz CT molecular complexity index is 1040. The summed E-state index contributed by atoms with van der Waals surface area (Å²) < 4.78 is 19.9. The SMILES string of the molecule is Fc1ccc2c(c1)COc1ccccc1N2C1CCN(CCc2ccc(Cl)cc2)C1. The molecule has 1 atom stereocenters.